The van der Waals surface area contributed by atoms with E-state index in [0.29, 0.717) is 0 Å². The van der Waals surface area contributed by atoms with Gasteiger partial charge in [0.05, 0.1) is 0 Å². The summed E-state index contributed by atoms with van der Waals surface area (Å²) in [4.78, 5) is 2.35. The van der Waals surface area contributed by atoms with Crippen LogP contribution in [0, 0.1) is 0 Å². The molecule has 0 N–H and O–H groups in total. The molecule has 0 spiro atoms. The molecule has 0 aliphatic heterocycles. The van der Waals surface area contributed by atoms with Gasteiger partial charge in [0, 0.05) is 38.6 Å². The number of fused-ring (bicyclic) bond motifs is 7. The minimum atomic E-state index is 0.888. The van der Waals surface area contributed by atoms with Crippen LogP contribution in [0.4, 0.5) is 17.1 Å². The minimum Gasteiger partial charge on any atom is -0.456 e. The van der Waals surface area contributed by atoms with Gasteiger partial charge in [-0.05, 0) is 122 Å². The Hall–Kier alpha value is -8.14. The molecule has 0 amide bonds. The van der Waals surface area contributed by atoms with Crippen molar-refractivity contribution in [3.8, 4) is 44.5 Å². The highest BCUT2D eigenvalue weighted by atomic mass is 16.3. The Bertz CT molecular complexity index is 3570. The van der Waals surface area contributed by atoms with Crippen LogP contribution in [-0.2, 0) is 0 Å². The minimum absolute atomic E-state index is 0.888. The molecule has 0 aliphatic carbocycles. The number of para-hydroxylation sites is 2. The molecule has 0 unspecified atom stereocenters. The third-order valence-corrected chi connectivity index (χ3v) is 12.1. The van der Waals surface area contributed by atoms with Crippen molar-refractivity contribution in [3.63, 3.8) is 0 Å². The maximum atomic E-state index is 6.30. The van der Waals surface area contributed by atoms with Gasteiger partial charge in [0.1, 0.15) is 22.3 Å². The van der Waals surface area contributed by atoms with Gasteiger partial charge in [-0.3, -0.25) is 0 Å². The van der Waals surface area contributed by atoms with E-state index in [0.717, 1.165) is 88.8 Å². The van der Waals surface area contributed by atoms with Crippen molar-refractivity contribution >= 4 is 71.7 Å². The zero-order valence-electron chi connectivity index (χ0n) is 33.1. The van der Waals surface area contributed by atoms with Crippen molar-refractivity contribution in [1.29, 1.82) is 0 Å². The molecule has 12 rings (SSSR count). The molecule has 286 valence electrons. The summed E-state index contributed by atoms with van der Waals surface area (Å²) in [6, 6.07) is 80.1. The molecule has 0 bridgehead atoms. The zero-order chi connectivity index (χ0) is 40.3. The summed E-state index contributed by atoms with van der Waals surface area (Å²) in [5.74, 6) is 0. The highest BCUT2D eigenvalue weighted by Crippen LogP contribution is 2.42. The third kappa shape index (κ3) is 6.06. The Balaban J connectivity index is 0.932. The van der Waals surface area contributed by atoms with Crippen molar-refractivity contribution in [3.05, 3.63) is 224 Å². The van der Waals surface area contributed by atoms with Crippen molar-refractivity contribution < 1.29 is 8.83 Å². The molecule has 3 heteroatoms. The van der Waals surface area contributed by atoms with Crippen LogP contribution in [0.2, 0.25) is 0 Å². The average Bonchev–Trinajstić information content (AvgIpc) is 3.90. The Labute approximate surface area is 353 Å². The summed E-state index contributed by atoms with van der Waals surface area (Å²) in [6.07, 6.45) is 0. The first-order valence-corrected chi connectivity index (χ1v) is 20.7. The van der Waals surface area contributed by atoms with Crippen LogP contribution in [0.3, 0.4) is 0 Å². The normalized spacial score (nSPS) is 11.6. The molecule has 10 aromatic carbocycles. The fraction of sp³-hybridized carbons (Fsp3) is 0. The van der Waals surface area contributed by atoms with E-state index in [2.05, 4.69) is 205 Å². The highest BCUT2D eigenvalue weighted by Gasteiger charge is 2.18. The summed E-state index contributed by atoms with van der Waals surface area (Å²) in [5, 5.41) is 7.02. The molecular weight excluding hydrogens is 743 g/mol. The standard InChI is InChI=1S/C58H37NO2/c1-2-14-48-41(10-1)11-8-17-49(48)42-24-22-38(23-25-42)39-26-31-45(32-27-39)59(46-33-28-40(29-34-46)43-30-35-56-53(37-43)51-15-3-5-19-54(51)60-56)47-13-7-12-44(36-47)50-18-9-21-57-58(50)52-16-4-6-20-55(52)61-57/h1-37H. The van der Waals surface area contributed by atoms with E-state index in [1.807, 2.05) is 24.3 Å². The van der Waals surface area contributed by atoms with Crippen LogP contribution in [0.5, 0.6) is 0 Å². The lowest BCUT2D eigenvalue weighted by Gasteiger charge is -2.26. The highest BCUT2D eigenvalue weighted by molar-refractivity contribution is 6.12. The molecule has 0 aliphatic rings. The molecule has 0 saturated carbocycles. The topological polar surface area (TPSA) is 29.5 Å². The lowest BCUT2D eigenvalue weighted by atomic mass is 9.96. The van der Waals surface area contributed by atoms with Crippen molar-refractivity contribution in [2.75, 3.05) is 4.90 Å². The number of rotatable bonds is 7. The fourth-order valence-electron chi connectivity index (χ4n) is 9.11. The lowest BCUT2D eigenvalue weighted by Crippen LogP contribution is -2.10. The van der Waals surface area contributed by atoms with Crippen LogP contribution in [-0.4, -0.2) is 0 Å². The van der Waals surface area contributed by atoms with Gasteiger partial charge in [-0.2, -0.15) is 0 Å². The van der Waals surface area contributed by atoms with Crippen LogP contribution in [0.25, 0.3) is 99.2 Å². The van der Waals surface area contributed by atoms with Crippen LogP contribution in [0.1, 0.15) is 0 Å². The second-order valence-corrected chi connectivity index (χ2v) is 15.7. The molecule has 0 fully saturated rings. The fourth-order valence-corrected chi connectivity index (χ4v) is 9.11. The second-order valence-electron chi connectivity index (χ2n) is 15.7. The molecule has 2 heterocycles. The Morgan fingerprint density at radius 3 is 1.54 bits per heavy atom. The first-order valence-electron chi connectivity index (χ1n) is 20.7. The smallest absolute Gasteiger partial charge is 0.136 e. The quantitative estimate of drug-likeness (QED) is 0.161. The zero-order valence-corrected chi connectivity index (χ0v) is 33.1. The average molecular weight is 780 g/mol. The predicted molar refractivity (Wildman–Crippen MR) is 255 cm³/mol. The molecule has 2 aromatic heterocycles. The number of hydrogen-bond acceptors (Lipinski definition) is 3. The molecule has 12 aromatic rings. The second kappa shape index (κ2) is 14.3. The van der Waals surface area contributed by atoms with E-state index < -0.39 is 0 Å². The van der Waals surface area contributed by atoms with Gasteiger partial charge in [0.2, 0.25) is 0 Å². The van der Waals surface area contributed by atoms with Crippen LogP contribution < -0.4 is 4.90 Å². The first-order chi connectivity index (χ1) is 30.2. The van der Waals surface area contributed by atoms with Gasteiger partial charge in [0.25, 0.3) is 0 Å². The van der Waals surface area contributed by atoms with Crippen LogP contribution in [0.15, 0.2) is 233 Å². The van der Waals surface area contributed by atoms with E-state index in [9.17, 15) is 0 Å². The van der Waals surface area contributed by atoms with E-state index in [4.69, 9.17) is 8.83 Å². The molecule has 0 saturated heterocycles. The maximum absolute atomic E-state index is 6.30. The van der Waals surface area contributed by atoms with Crippen molar-refractivity contribution in [2.24, 2.45) is 0 Å². The van der Waals surface area contributed by atoms with E-state index >= 15 is 0 Å². The van der Waals surface area contributed by atoms with Gasteiger partial charge in [-0.1, -0.05) is 158 Å². The molecule has 3 nitrogen and oxygen atoms in total. The predicted octanol–water partition coefficient (Wildman–Crippen LogP) is 16.8. The molecule has 61 heavy (non-hydrogen) atoms. The molecule has 0 atom stereocenters. The first kappa shape index (κ1) is 34.9. The monoisotopic (exact) mass is 779 g/mol. The van der Waals surface area contributed by atoms with E-state index in [1.165, 1.54) is 27.5 Å². The van der Waals surface area contributed by atoms with Crippen LogP contribution >= 0.6 is 0 Å². The van der Waals surface area contributed by atoms with Gasteiger partial charge in [0.15, 0.2) is 0 Å². The van der Waals surface area contributed by atoms with Gasteiger partial charge < -0.3 is 13.7 Å². The SMILES string of the molecule is c1cc(-c2cccc3oc4ccccc4c23)cc(N(c2ccc(-c3ccc(-c4cccc5ccccc45)cc3)cc2)c2ccc(-c3ccc4oc5ccccc5c4c3)cc2)c1. The van der Waals surface area contributed by atoms with E-state index in [1.54, 1.807) is 0 Å². The number of benzene rings is 10. The summed E-state index contributed by atoms with van der Waals surface area (Å²) in [5.41, 5.74) is 16.1. The maximum Gasteiger partial charge on any atom is 0.136 e. The number of nitrogens with zero attached hydrogens (tertiary/aromatic N) is 1. The Morgan fingerprint density at radius 2 is 0.770 bits per heavy atom. The summed E-state index contributed by atoms with van der Waals surface area (Å²) in [7, 11) is 0. The lowest BCUT2D eigenvalue weighted by molar-refractivity contribution is 0.668. The summed E-state index contributed by atoms with van der Waals surface area (Å²) >= 11 is 0. The number of furan rings is 2. The Morgan fingerprint density at radius 1 is 0.262 bits per heavy atom. The van der Waals surface area contributed by atoms with Gasteiger partial charge >= 0.3 is 0 Å². The largest absolute Gasteiger partial charge is 0.456 e. The number of hydrogen-bond donors (Lipinski definition) is 0. The third-order valence-electron chi connectivity index (χ3n) is 12.1. The van der Waals surface area contributed by atoms with E-state index in [-0.39, 0.29) is 0 Å². The van der Waals surface area contributed by atoms with Gasteiger partial charge in [-0.15, -0.1) is 0 Å². The van der Waals surface area contributed by atoms with Crippen molar-refractivity contribution in [2.45, 2.75) is 0 Å². The number of anilines is 3. The molecular formula is C58H37NO2. The Kier molecular flexibility index (Phi) is 8.17. The molecule has 0 radical (unpaired) electrons. The summed E-state index contributed by atoms with van der Waals surface area (Å²) < 4.78 is 12.4. The summed E-state index contributed by atoms with van der Waals surface area (Å²) in [6.45, 7) is 0. The van der Waals surface area contributed by atoms with Crippen molar-refractivity contribution in [1.82, 2.24) is 0 Å². The van der Waals surface area contributed by atoms with Gasteiger partial charge in [-0.25, -0.2) is 0 Å².